The van der Waals surface area contributed by atoms with Gasteiger partial charge in [0.05, 0.1) is 5.52 Å². The fourth-order valence-corrected chi connectivity index (χ4v) is 2.32. The van der Waals surface area contributed by atoms with Crippen LogP contribution in [0.3, 0.4) is 0 Å². The summed E-state index contributed by atoms with van der Waals surface area (Å²) in [6, 6.07) is 8.33. The van der Waals surface area contributed by atoms with Crippen molar-refractivity contribution in [2.75, 3.05) is 11.1 Å². The molecule has 1 heterocycles. The van der Waals surface area contributed by atoms with Crippen molar-refractivity contribution >= 4 is 22.3 Å². The van der Waals surface area contributed by atoms with Crippen molar-refractivity contribution in [3.8, 4) is 0 Å². The van der Waals surface area contributed by atoms with E-state index in [2.05, 4.69) is 31.1 Å². The molecule has 0 saturated heterocycles. The van der Waals surface area contributed by atoms with Crippen molar-refractivity contribution in [3.05, 3.63) is 30.5 Å². The van der Waals surface area contributed by atoms with Crippen molar-refractivity contribution < 1.29 is 0 Å². The summed E-state index contributed by atoms with van der Waals surface area (Å²) in [6.45, 7) is 6.69. The maximum Gasteiger partial charge on any atom is 0.0743 e. The number of rotatable bonds is 4. The molecule has 3 N–H and O–H groups in total. The van der Waals surface area contributed by atoms with Gasteiger partial charge in [-0.1, -0.05) is 13.8 Å². The van der Waals surface area contributed by atoms with Crippen LogP contribution in [-0.4, -0.2) is 11.0 Å². The van der Waals surface area contributed by atoms with E-state index < -0.39 is 0 Å². The Morgan fingerprint density at radius 3 is 2.72 bits per heavy atom. The molecule has 2 rings (SSSR count). The van der Waals surface area contributed by atoms with Gasteiger partial charge >= 0.3 is 0 Å². The molecule has 0 bridgehead atoms. The van der Waals surface area contributed by atoms with E-state index in [0.29, 0.717) is 12.0 Å². The third-order valence-corrected chi connectivity index (χ3v) is 2.99. The summed E-state index contributed by atoms with van der Waals surface area (Å²) in [5, 5.41) is 4.68. The molecule has 0 aliphatic carbocycles. The van der Waals surface area contributed by atoms with Crippen LogP contribution in [0.4, 0.5) is 11.4 Å². The van der Waals surface area contributed by atoms with Crippen molar-refractivity contribution in [1.82, 2.24) is 4.98 Å². The first-order valence-electron chi connectivity index (χ1n) is 6.47. The second-order valence-corrected chi connectivity index (χ2v) is 5.31. The van der Waals surface area contributed by atoms with Gasteiger partial charge in [0.25, 0.3) is 0 Å². The number of hydrogen-bond donors (Lipinski definition) is 2. The quantitative estimate of drug-likeness (QED) is 0.806. The number of nitrogens with zero attached hydrogens (tertiary/aromatic N) is 1. The van der Waals surface area contributed by atoms with Crippen molar-refractivity contribution in [1.29, 1.82) is 0 Å². The van der Waals surface area contributed by atoms with Gasteiger partial charge in [-0.25, -0.2) is 0 Å². The summed E-state index contributed by atoms with van der Waals surface area (Å²) in [5.41, 5.74) is 8.61. The number of nitrogen functional groups attached to an aromatic ring is 1. The van der Waals surface area contributed by atoms with Crippen LogP contribution in [0.5, 0.6) is 0 Å². The standard InChI is InChI=1S/C15H21N3/c1-10(2)8-11(3)18-14-6-7-17-15-9-12(16)4-5-13(14)15/h4-7,9-11H,8,16H2,1-3H3,(H,17,18). The first kappa shape index (κ1) is 12.7. The van der Waals surface area contributed by atoms with Gasteiger partial charge in [0.1, 0.15) is 0 Å². The fourth-order valence-electron chi connectivity index (χ4n) is 2.32. The molecule has 2 aromatic rings. The maximum atomic E-state index is 5.78. The number of nitrogens with one attached hydrogen (secondary N) is 1. The second-order valence-electron chi connectivity index (χ2n) is 5.31. The maximum absolute atomic E-state index is 5.78. The van der Waals surface area contributed by atoms with Gasteiger partial charge in [-0.2, -0.15) is 0 Å². The van der Waals surface area contributed by atoms with E-state index in [0.717, 1.165) is 28.7 Å². The van der Waals surface area contributed by atoms with E-state index in [1.165, 1.54) is 0 Å². The molecule has 3 heteroatoms. The molecule has 0 saturated carbocycles. The van der Waals surface area contributed by atoms with Crippen molar-refractivity contribution in [2.45, 2.75) is 33.2 Å². The molecule has 1 unspecified atom stereocenters. The lowest BCUT2D eigenvalue weighted by Crippen LogP contribution is -2.17. The molecule has 1 atom stereocenters. The van der Waals surface area contributed by atoms with E-state index in [9.17, 15) is 0 Å². The van der Waals surface area contributed by atoms with E-state index in [-0.39, 0.29) is 0 Å². The number of fused-ring (bicyclic) bond motifs is 1. The molecule has 0 spiro atoms. The van der Waals surface area contributed by atoms with E-state index in [4.69, 9.17) is 5.73 Å². The zero-order chi connectivity index (χ0) is 13.1. The predicted molar refractivity (Wildman–Crippen MR) is 78.7 cm³/mol. The molecule has 96 valence electrons. The predicted octanol–water partition coefficient (Wildman–Crippen LogP) is 3.66. The Balaban J connectivity index is 2.28. The minimum Gasteiger partial charge on any atom is -0.399 e. The highest BCUT2D eigenvalue weighted by molar-refractivity contribution is 5.92. The molecule has 0 amide bonds. The average Bonchev–Trinajstić information content (AvgIpc) is 2.27. The topological polar surface area (TPSA) is 50.9 Å². The van der Waals surface area contributed by atoms with Gasteiger partial charge in [0.15, 0.2) is 0 Å². The van der Waals surface area contributed by atoms with Crippen LogP contribution < -0.4 is 11.1 Å². The summed E-state index contributed by atoms with van der Waals surface area (Å²) in [5.74, 6) is 0.691. The number of nitrogens with two attached hydrogens (primary N) is 1. The van der Waals surface area contributed by atoms with Gasteiger partial charge in [-0.05, 0) is 43.5 Å². The van der Waals surface area contributed by atoms with Crippen LogP contribution in [0, 0.1) is 5.92 Å². The minimum absolute atomic E-state index is 0.452. The number of pyridine rings is 1. The average molecular weight is 243 g/mol. The van der Waals surface area contributed by atoms with Crippen molar-refractivity contribution in [3.63, 3.8) is 0 Å². The van der Waals surface area contributed by atoms with E-state index in [1.807, 2.05) is 30.5 Å². The van der Waals surface area contributed by atoms with E-state index >= 15 is 0 Å². The zero-order valence-corrected chi connectivity index (χ0v) is 11.3. The fraction of sp³-hybridized carbons (Fsp3) is 0.400. The molecule has 1 aromatic carbocycles. The molecule has 3 nitrogen and oxygen atoms in total. The number of benzene rings is 1. The summed E-state index contributed by atoms with van der Waals surface area (Å²) >= 11 is 0. The SMILES string of the molecule is CC(C)CC(C)Nc1ccnc2cc(N)ccc12. The van der Waals surface area contributed by atoms with Gasteiger partial charge < -0.3 is 11.1 Å². The molecule has 18 heavy (non-hydrogen) atoms. The Hall–Kier alpha value is -1.77. The van der Waals surface area contributed by atoms with Crippen LogP contribution in [-0.2, 0) is 0 Å². The lowest BCUT2D eigenvalue weighted by atomic mass is 10.0. The molecule has 1 aromatic heterocycles. The first-order valence-corrected chi connectivity index (χ1v) is 6.47. The highest BCUT2D eigenvalue weighted by Gasteiger charge is 2.07. The normalized spacial score (nSPS) is 12.9. The van der Waals surface area contributed by atoms with Crippen LogP contribution in [0.15, 0.2) is 30.5 Å². The summed E-state index contributed by atoms with van der Waals surface area (Å²) < 4.78 is 0. The minimum atomic E-state index is 0.452. The Kier molecular flexibility index (Phi) is 3.70. The Morgan fingerprint density at radius 1 is 1.22 bits per heavy atom. The summed E-state index contributed by atoms with van der Waals surface area (Å²) in [6.07, 6.45) is 2.98. The first-order chi connectivity index (χ1) is 8.56. The summed E-state index contributed by atoms with van der Waals surface area (Å²) in [4.78, 5) is 4.35. The molecule has 0 fully saturated rings. The van der Waals surface area contributed by atoms with Gasteiger partial charge in [0, 0.05) is 29.0 Å². The highest BCUT2D eigenvalue weighted by Crippen LogP contribution is 2.24. The molecular formula is C15H21N3. The van der Waals surface area contributed by atoms with Crippen LogP contribution >= 0.6 is 0 Å². The van der Waals surface area contributed by atoms with Crippen LogP contribution in [0.25, 0.3) is 10.9 Å². The summed E-state index contributed by atoms with van der Waals surface area (Å²) in [7, 11) is 0. The zero-order valence-electron chi connectivity index (χ0n) is 11.3. The number of hydrogen-bond acceptors (Lipinski definition) is 3. The van der Waals surface area contributed by atoms with Gasteiger partial charge in [-0.15, -0.1) is 0 Å². The Bertz CT molecular complexity index is 534. The van der Waals surface area contributed by atoms with E-state index in [1.54, 1.807) is 0 Å². The van der Waals surface area contributed by atoms with Crippen molar-refractivity contribution in [2.24, 2.45) is 5.92 Å². The molecule has 0 aliphatic rings. The van der Waals surface area contributed by atoms with Crippen LogP contribution in [0.1, 0.15) is 27.2 Å². The molecule has 0 aliphatic heterocycles. The van der Waals surface area contributed by atoms with Crippen LogP contribution in [0.2, 0.25) is 0 Å². The van der Waals surface area contributed by atoms with Gasteiger partial charge in [0.2, 0.25) is 0 Å². The third-order valence-electron chi connectivity index (χ3n) is 2.99. The lowest BCUT2D eigenvalue weighted by molar-refractivity contribution is 0.540. The highest BCUT2D eigenvalue weighted by atomic mass is 14.9. The second kappa shape index (κ2) is 5.25. The number of aromatic nitrogens is 1. The molecule has 0 radical (unpaired) electrons. The Labute approximate surface area is 108 Å². The lowest BCUT2D eigenvalue weighted by Gasteiger charge is -2.18. The monoisotopic (exact) mass is 243 g/mol. The Morgan fingerprint density at radius 2 is 2.00 bits per heavy atom. The molecular weight excluding hydrogens is 222 g/mol. The number of anilines is 2. The van der Waals surface area contributed by atoms with Gasteiger partial charge in [-0.3, -0.25) is 4.98 Å². The largest absolute Gasteiger partial charge is 0.399 e. The third kappa shape index (κ3) is 2.92. The smallest absolute Gasteiger partial charge is 0.0743 e.